The fourth-order valence-electron chi connectivity index (χ4n) is 2.96. The molecule has 2 aromatic rings. The standard InChI is InChI=1S/C17H22N4O/c1-13-9-10-19-21(13)16-7-5-14(6-8-16)17(22)20-11-3-4-15(12-20)18-2/h5-10,15,18H,3-4,11-12H2,1-2H3. The van der Waals surface area contributed by atoms with Crippen molar-refractivity contribution in [3.05, 3.63) is 47.8 Å². The van der Waals surface area contributed by atoms with Crippen molar-refractivity contribution in [2.24, 2.45) is 0 Å². The Balaban J connectivity index is 1.75. The van der Waals surface area contributed by atoms with Crippen molar-refractivity contribution >= 4 is 5.91 Å². The van der Waals surface area contributed by atoms with Crippen LogP contribution in [0.5, 0.6) is 0 Å². The number of nitrogens with one attached hydrogen (secondary N) is 1. The summed E-state index contributed by atoms with van der Waals surface area (Å²) in [6.45, 7) is 3.64. The van der Waals surface area contributed by atoms with Crippen LogP contribution in [0.4, 0.5) is 0 Å². The lowest BCUT2D eigenvalue weighted by molar-refractivity contribution is 0.0698. The van der Waals surface area contributed by atoms with E-state index >= 15 is 0 Å². The fourth-order valence-corrected chi connectivity index (χ4v) is 2.96. The fraction of sp³-hybridized carbons (Fsp3) is 0.412. The number of carbonyl (C=O) groups excluding carboxylic acids is 1. The Hall–Kier alpha value is -2.14. The normalized spacial score (nSPS) is 18.5. The molecule has 0 spiro atoms. The number of aryl methyl sites for hydroxylation is 1. The molecule has 1 saturated heterocycles. The van der Waals surface area contributed by atoms with Gasteiger partial charge in [-0.3, -0.25) is 4.79 Å². The van der Waals surface area contributed by atoms with Crippen LogP contribution in [0.15, 0.2) is 36.5 Å². The van der Waals surface area contributed by atoms with Gasteiger partial charge in [-0.05, 0) is 57.1 Å². The quantitative estimate of drug-likeness (QED) is 0.943. The van der Waals surface area contributed by atoms with E-state index in [0.717, 1.165) is 42.9 Å². The molecule has 1 aromatic heterocycles. The van der Waals surface area contributed by atoms with Gasteiger partial charge in [-0.1, -0.05) is 0 Å². The number of piperidine rings is 1. The predicted octanol–water partition coefficient (Wildman–Crippen LogP) is 2.00. The largest absolute Gasteiger partial charge is 0.337 e. The zero-order valence-corrected chi connectivity index (χ0v) is 13.1. The highest BCUT2D eigenvalue weighted by atomic mass is 16.2. The second-order valence-corrected chi connectivity index (χ2v) is 5.81. The molecule has 1 unspecified atom stereocenters. The van der Waals surface area contributed by atoms with Crippen LogP contribution in [0.1, 0.15) is 28.9 Å². The molecule has 5 nitrogen and oxygen atoms in total. The van der Waals surface area contributed by atoms with E-state index in [9.17, 15) is 4.79 Å². The van der Waals surface area contributed by atoms with Gasteiger partial charge in [0.05, 0.1) is 5.69 Å². The summed E-state index contributed by atoms with van der Waals surface area (Å²) < 4.78 is 1.87. The first-order valence-corrected chi connectivity index (χ1v) is 7.76. The topological polar surface area (TPSA) is 50.2 Å². The Bertz CT molecular complexity index is 647. The van der Waals surface area contributed by atoms with E-state index < -0.39 is 0 Å². The van der Waals surface area contributed by atoms with E-state index in [1.807, 2.05) is 53.9 Å². The molecule has 116 valence electrons. The van der Waals surface area contributed by atoms with Crippen molar-refractivity contribution < 1.29 is 4.79 Å². The van der Waals surface area contributed by atoms with Crippen molar-refractivity contribution in [3.63, 3.8) is 0 Å². The lowest BCUT2D eigenvalue weighted by Gasteiger charge is -2.32. The Kier molecular flexibility index (Phi) is 4.24. The Labute approximate surface area is 130 Å². The first-order valence-electron chi connectivity index (χ1n) is 7.76. The molecular weight excluding hydrogens is 276 g/mol. The molecule has 1 N–H and O–H groups in total. The minimum Gasteiger partial charge on any atom is -0.337 e. The van der Waals surface area contributed by atoms with Gasteiger partial charge >= 0.3 is 0 Å². The first kappa shape index (κ1) is 14.8. The summed E-state index contributed by atoms with van der Waals surface area (Å²) in [7, 11) is 1.96. The molecular formula is C17H22N4O. The van der Waals surface area contributed by atoms with Crippen LogP contribution < -0.4 is 5.32 Å². The lowest BCUT2D eigenvalue weighted by atomic mass is 10.0. The zero-order valence-electron chi connectivity index (χ0n) is 13.1. The lowest BCUT2D eigenvalue weighted by Crippen LogP contribution is -2.46. The highest BCUT2D eigenvalue weighted by Gasteiger charge is 2.23. The summed E-state index contributed by atoms with van der Waals surface area (Å²) in [5.74, 6) is 0.115. The van der Waals surface area contributed by atoms with Crippen LogP contribution in [0, 0.1) is 6.92 Å². The van der Waals surface area contributed by atoms with E-state index in [1.165, 1.54) is 0 Å². The average Bonchev–Trinajstić information content (AvgIpc) is 3.00. The molecule has 0 bridgehead atoms. The van der Waals surface area contributed by atoms with Crippen molar-refractivity contribution in [1.82, 2.24) is 20.0 Å². The molecule has 1 aromatic carbocycles. The van der Waals surface area contributed by atoms with Crippen molar-refractivity contribution in [2.45, 2.75) is 25.8 Å². The maximum absolute atomic E-state index is 12.6. The molecule has 1 aliphatic rings. The summed E-state index contributed by atoms with van der Waals surface area (Å²) in [6.07, 6.45) is 3.97. The molecule has 1 atom stereocenters. The summed E-state index contributed by atoms with van der Waals surface area (Å²) >= 11 is 0. The Morgan fingerprint density at radius 3 is 2.68 bits per heavy atom. The van der Waals surface area contributed by atoms with E-state index in [2.05, 4.69) is 10.4 Å². The van der Waals surface area contributed by atoms with Gasteiger partial charge in [-0.15, -0.1) is 0 Å². The zero-order chi connectivity index (χ0) is 15.5. The molecule has 1 amide bonds. The molecule has 2 heterocycles. The third kappa shape index (κ3) is 2.90. The minimum atomic E-state index is 0.115. The van der Waals surface area contributed by atoms with Gasteiger partial charge in [-0.2, -0.15) is 5.10 Å². The van der Waals surface area contributed by atoms with Gasteiger partial charge in [0, 0.05) is 36.6 Å². The summed E-state index contributed by atoms with van der Waals surface area (Å²) in [5, 5.41) is 7.55. The minimum absolute atomic E-state index is 0.115. The molecule has 0 aliphatic carbocycles. The third-order valence-corrected chi connectivity index (χ3v) is 4.31. The van der Waals surface area contributed by atoms with Gasteiger partial charge in [-0.25, -0.2) is 4.68 Å². The molecule has 0 radical (unpaired) electrons. The number of hydrogen-bond donors (Lipinski definition) is 1. The van der Waals surface area contributed by atoms with Crippen molar-refractivity contribution in [3.8, 4) is 5.69 Å². The molecule has 3 rings (SSSR count). The number of aromatic nitrogens is 2. The van der Waals surface area contributed by atoms with Gasteiger partial charge in [0.1, 0.15) is 0 Å². The van der Waals surface area contributed by atoms with Crippen molar-refractivity contribution in [1.29, 1.82) is 0 Å². The number of carbonyl (C=O) groups is 1. The second-order valence-electron chi connectivity index (χ2n) is 5.81. The second kappa shape index (κ2) is 6.32. The van der Waals surface area contributed by atoms with Crippen LogP contribution in [-0.4, -0.2) is 46.8 Å². The Morgan fingerprint density at radius 1 is 1.27 bits per heavy atom. The van der Waals surface area contributed by atoms with Crippen LogP contribution in [0.2, 0.25) is 0 Å². The number of benzene rings is 1. The van der Waals surface area contributed by atoms with Gasteiger partial charge in [0.2, 0.25) is 0 Å². The maximum atomic E-state index is 12.6. The van der Waals surface area contributed by atoms with Gasteiger partial charge < -0.3 is 10.2 Å². The first-order chi connectivity index (χ1) is 10.7. The van der Waals surface area contributed by atoms with E-state index in [4.69, 9.17) is 0 Å². The summed E-state index contributed by atoms with van der Waals surface area (Å²) in [4.78, 5) is 14.5. The molecule has 5 heteroatoms. The van der Waals surface area contributed by atoms with Crippen LogP contribution in [0.25, 0.3) is 5.69 Å². The van der Waals surface area contributed by atoms with Crippen LogP contribution in [-0.2, 0) is 0 Å². The molecule has 1 aliphatic heterocycles. The molecule has 0 saturated carbocycles. The number of nitrogens with zero attached hydrogens (tertiary/aromatic N) is 3. The van der Waals surface area contributed by atoms with E-state index in [1.54, 1.807) is 6.20 Å². The van der Waals surface area contributed by atoms with Gasteiger partial charge in [0.15, 0.2) is 0 Å². The van der Waals surface area contributed by atoms with E-state index in [-0.39, 0.29) is 5.91 Å². The third-order valence-electron chi connectivity index (χ3n) is 4.31. The molecule has 22 heavy (non-hydrogen) atoms. The molecule has 1 fully saturated rings. The van der Waals surface area contributed by atoms with E-state index in [0.29, 0.717) is 6.04 Å². The van der Waals surface area contributed by atoms with Crippen LogP contribution in [0.3, 0.4) is 0 Å². The number of hydrogen-bond acceptors (Lipinski definition) is 3. The van der Waals surface area contributed by atoms with Gasteiger partial charge in [0.25, 0.3) is 5.91 Å². The highest BCUT2D eigenvalue weighted by Crippen LogP contribution is 2.16. The van der Waals surface area contributed by atoms with Crippen molar-refractivity contribution in [2.75, 3.05) is 20.1 Å². The monoisotopic (exact) mass is 298 g/mol. The SMILES string of the molecule is CNC1CCCN(C(=O)c2ccc(-n3nccc3C)cc2)C1. The number of amides is 1. The smallest absolute Gasteiger partial charge is 0.253 e. The Morgan fingerprint density at radius 2 is 2.05 bits per heavy atom. The average molecular weight is 298 g/mol. The number of likely N-dealkylation sites (tertiary alicyclic amines) is 1. The number of likely N-dealkylation sites (N-methyl/N-ethyl adjacent to an activating group) is 1. The summed E-state index contributed by atoms with van der Waals surface area (Å²) in [5.41, 5.74) is 2.79. The predicted molar refractivity (Wildman–Crippen MR) is 86.3 cm³/mol. The number of rotatable bonds is 3. The summed E-state index contributed by atoms with van der Waals surface area (Å²) in [6, 6.07) is 10.1. The highest BCUT2D eigenvalue weighted by molar-refractivity contribution is 5.94. The van der Waals surface area contributed by atoms with Crippen LogP contribution >= 0.6 is 0 Å². The maximum Gasteiger partial charge on any atom is 0.253 e.